The highest BCUT2D eigenvalue weighted by Crippen LogP contribution is 2.31. The molecule has 1 aliphatic rings. The van der Waals surface area contributed by atoms with Crippen LogP contribution < -0.4 is 10.5 Å². The molecule has 0 unspecified atom stereocenters. The van der Waals surface area contributed by atoms with E-state index >= 15 is 0 Å². The van der Waals surface area contributed by atoms with E-state index in [0.717, 1.165) is 25.7 Å². The van der Waals surface area contributed by atoms with Gasteiger partial charge in [0.15, 0.2) is 11.6 Å². The van der Waals surface area contributed by atoms with Crippen LogP contribution in [0.4, 0.5) is 4.39 Å². The maximum atomic E-state index is 13.7. The van der Waals surface area contributed by atoms with E-state index in [0.29, 0.717) is 10.6 Å². The van der Waals surface area contributed by atoms with Gasteiger partial charge in [0.1, 0.15) is 0 Å². The molecule has 2 rings (SSSR count). The molecule has 1 aromatic rings. The lowest BCUT2D eigenvalue weighted by atomic mass is 10.2. The Morgan fingerprint density at radius 2 is 2.06 bits per heavy atom. The van der Waals surface area contributed by atoms with E-state index in [4.69, 9.17) is 22.1 Å². The van der Waals surface area contributed by atoms with Crippen LogP contribution in [0.25, 0.3) is 0 Å². The Kier molecular flexibility index (Phi) is 3.66. The predicted octanol–water partition coefficient (Wildman–Crippen LogP) is 3.26. The molecule has 88 valence electrons. The normalized spacial score (nSPS) is 16.7. The van der Waals surface area contributed by atoms with Gasteiger partial charge in [-0.2, -0.15) is 0 Å². The van der Waals surface area contributed by atoms with Gasteiger partial charge >= 0.3 is 0 Å². The monoisotopic (exact) mass is 243 g/mol. The van der Waals surface area contributed by atoms with Crippen LogP contribution >= 0.6 is 11.6 Å². The molecule has 0 spiro atoms. The van der Waals surface area contributed by atoms with Crippen molar-refractivity contribution in [1.82, 2.24) is 0 Å². The maximum Gasteiger partial charge on any atom is 0.166 e. The molecule has 1 aliphatic carbocycles. The molecule has 16 heavy (non-hydrogen) atoms. The van der Waals surface area contributed by atoms with Gasteiger partial charge in [-0.15, -0.1) is 0 Å². The summed E-state index contributed by atoms with van der Waals surface area (Å²) >= 11 is 5.77. The van der Waals surface area contributed by atoms with E-state index in [9.17, 15) is 4.39 Å². The SMILES string of the molecule is NCc1cc(Cl)cc(F)c1OC1CCCC1. The summed E-state index contributed by atoms with van der Waals surface area (Å²) in [4.78, 5) is 0. The molecule has 0 aliphatic heterocycles. The summed E-state index contributed by atoms with van der Waals surface area (Å²) in [6.07, 6.45) is 4.41. The Bertz CT molecular complexity index is 378. The first-order chi connectivity index (χ1) is 7.70. The van der Waals surface area contributed by atoms with Crippen LogP contribution in [0.3, 0.4) is 0 Å². The zero-order valence-electron chi connectivity index (χ0n) is 9.01. The summed E-state index contributed by atoms with van der Waals surface area (Å²) in [5.74, 6) is -0.140. The first-order valence-electron chi connectivity index (χ1n) is 5.55. The highest BCUT2D eigenvalue weighted by molar-refractivity contribution is 6.30. The van der Waals surface area contributed by atoms with Crippen molar-refractivity contribution >= 4 is 11.6 Å². The molecule has 1 saturated carbocycles. The first-order valence-corrected chi connectivity index (χ1v) is 5.93. The van der Waals surface area contributed by atoms with Crippen LogP contribution in [0.15, 0.2) is 12.1 Å². The Morgan fingerprint density at radius 1 is 1.38 bits per heavy atom. The Hall–Kier alpha value is -0.800. The summed E-state index contributed by atoms with van der Waals surface area (Å²) < 4.78 is 19.4. The summed E-state index contributed by atoms with van der Waals surface area (Å²) in [7, 11) is 0. The van der Waals surface area contributed by atoms with E-state index in [1.807, 2.05) is 0 Å². The minimum Gasteiger partial charge on any atom is -0.487 e. The third-order valence-corrected chi connectivity index (χ3v) is 3.11. The lowest BCUT2D eigenvalue weighted by Crippen LogP contribution is -2.14. The summed E-state index contributed by atoms with van der Waals surface area (Å²) in [6, 6.07) is 2.93. The minimum absolute atomic E-state index is 0.126. The molecule has 2 N–H and O–H groups in total. The maximum absolute atomic E-state index is 13.7. The molecule has 4 heteroatoms. The number of hydrogen-bond donors (Lipinski definition) is 1. The van der Waals surface area contributed by atoms with Crippen molar-refractivity contribution in [1.29, 1.82) is 0 Å². The van der Waals surface area contributed by atoms with E-state index in [2.05, 4.69) is 0 Å². The van der Waals surface area contributed by atoms with Crippen molar-refractivity contribution in [3.05, 3.63) is 28.5 Å². The molecular weight excluding hydrogens is 229 g/mol. The molecular formula is C12H15ClFNO. The average molecular weight is 244 g/mol. The summed E-state index contributed by atoms with van der Waals surface area (Å²) in [6.45, 7) is 0.236. The van der Waals surface area contributed by atoms with Crippen molar-refractivity contribution in [3.8, 4) is 5.75 Å². The molecule has 0 heterocycles. The van der Waals surface area contributed by atoms with Gasteiger partial charge in [0.2, 0.25) is 0 Å². The van der Waals surface area contributed by atoms with Crippen molar-refractivity contribution in [3.63, 3.8) is 0 Å². The van der Waals surface area contributed by atoms with Gasteiger partial charge in [-0.3, -0.25) is 0 Å². The number of halogens is 2. The highest BCUT2D eigenvalue weighted by atomic mass is 35.5. The molecule has 1 aromatic carbocycles. The molecule has 0 atom stereocenters. The lowest BCUT2D eigenvalue weighted by Gasteiger charge is -2.16. The molecule has 0 amide bonds. The smallest absolute Gasteiger partial charge is 0.166 e. The average Bonchev–Trinajstić information content (AvgIpc) is 2.74. The fourth-order valence-electron chi connectivity index (χ4n) is 2.07. The largest absolute Gasteiger partial charge is 0.487 e. The highest BCUT2D eigenvalue weighted by Gasteiger charge is 2.20. The fourth-order valence-corrected chi connectivity index (χ4v) is 2.30. The van der Waals surface area contributed by atoms with E-state index in [-0.39, 0.29) is 18.4 Å². The van der Waals surface area contributed by atoms with Gasteiger partial charge in [0, 0.05) is 17.1 Å². The van der Waals surface area contributed by atoms with Gasteiger partial charge in [-0.1, -0.05) is 11.6 Å². The van der Waals surface area contributed by atoms with Gasteiger partial charge in [-0.05, 0) is 37.8 Å². The Balaban J connectivity index is 2.23. The summed E-state index contributed by atoms with van der Waals surface area (Å²) in [5, 5.41) is 0.358. The molecule has 2 nitrogen and oxygen atoms in total. The second-order valence-corrected chi connectivity index (χ2v) is 4.54. The third-order valence-electron chi connectivity index (χ3n) is 2.89. The quantitative estimate of drug-likeness (QED) is 0.885. The number of rotatable bonds is 3. The third kappa shape index (κ3) is 2.47. The van der Waals surface area contributed by atoms with Crippen LogP contribution in [0, 0.1) is 5.82 Å². The number of benzene rings is 1. The van der Waals surface area contributed by atoms with Crippen molar-refractivity contribution in [2.24, 2.45) is 5.73 Å². The standard InChI is InChI=1S/C12H15ClFNO/c13-9-5-8(7-15)12(11(14)6-9)16-10-3-1-2-4-10/h5-6,10H,1-4,7,15H2. The molecule has 0 aromatic heterocycles. The second-order valence-electron chi connectivity index (χ2n) is 4.10. The Labute approximate surface area is 99.5 Å². The number of hydrogen-bond acceptors (Lipinski definition) is 2. The lowest BCUT2D eigenvalue weighted by molar-refractivity contribution is 0.198. The molecule has 0 saturated heterocycles. The fraction of sp³-hybridized carbons (Fsp3) is 0.500. The summed E-state index contributed by atoms with van der Waals surface area (Å²) in [5.41, 5.74) is 6.19. The van der Waals surface area contributed by atoms with Gasteiger partial charge in [-0.25, -0.2) is 4.39 Å². The van der Waals surface area contributed by atoms with Crippen LogP contribution in [0.1, 0.15) is 31.2 Å². The Morgan fingerprint density at radius 3 is 2.69 bits per heavy atom. The number of ether oxygens (including phenoxy) is 1. The van der Waals surface area contributed by atoms with Gasteiger partial charge in [0.05, 0.1) is 6.10 Å². The van der Waals surface area contributed by atoms with Crippen LogP contribution in [0.2, 0.25) is 5.02 Å². The molecule has 0 radical (unpaired) electrons. The van der Waals surface area contributed by atoms with Crippen molar-refractivity contribution in [2.45, 2.75) is 38.3 Å². The predicted molar refractivity (Wildman–Crippen MR) is 62.2 cm³/mol. The zero-order valence-corrected chi connectivity index (χ0v) is 9.77. The van der Waals surface area contributed by atoms with Crippen molar-refractivity contribution in [2.75, 3.05) is 0 Å². The van der Waals surface area contributed by atoms with Gasteiger partial charge in [0.25, 0.3) is 0 Å². The van der Waals surface area contributed by atoms with Gasteiger partial charge < -0.3 is 10.5 Å². The van der Waals surface area contributed by atoms with Crippen LogP contribution in [-0.4, -0.2) is 6.10 Å². The van der Waals surface area contributed by atoms with E-state index in [1.54, 1.807) is 6.07 Å². The van der Waals surface area contributed by atoms with Crippen LogP contribution in [-0.2, 0) is 6.54 Å². The zero-order chi connectivity index (χ0) is 11.5. The van der Waals surface area contributed by atoms with Crippen molar-refractivity contribution < 1.29 is 9.13 Å². The van der Waals surface area contributed by atoms with E-state index < -0.39 is 5.82 Å². The minimum atomic E-state index is -0.417. The molecule has 1 fully saturated rings. The second kappa shape index (κ2) is 5.02. The van der Waals surface area contributed by atoms with Crippen LogP contribution in [0.5, 0.6) is 5.75 Å². The topological polar surface area (TPSA) is 35.2 Å². The van der Waals surface area contributed by atoms with E-state index in [1.165, 1.54) is 6.07 Å². The first kappa shape index (κ1) is 11.7. The molecule has 0 bridgehead atoms. The number of nitrogens with two attached hydrogens (primary N) is 1.